The van der Waals surface area contributed by atoms with E-state index < -0.39 is 5.97 Å². The van der Waals surface area contributed by atoms with E-state index in [-0.39, 0.29) is 35.3 Å². The summed E-state index contributed by atoms with van der Waals surface area (Å²) in [4.78, 5) is 32.3. The molecule has 130 valence electrons. The smallest absolute Gasteiger partial charge is 0.340 e. The summed E-state index contributed by atoms with van der Waals surface area (Å²) in [6, 6.07) is 8.26. The van der Waals surface area contributed by atoms with Gasteiger partial charge in [-0.15, -0.1) is 11.6 Å². The van der Waals surface area contributed by atoms with Gasteiger partial charge in [0.25, 0.3) is 0 Å². The molecule has 0 saturated heterocycles. The molecule has 0 bridgehead atoms. The number of para-hydroxylation sites is 1. The number of aromatic nitrogens is 1. The number of nitrogens with one attached hydrogen (secondary N) is 1. The zero-order chi connectivity index (χ0) is 18.2. The second-order valence-corrected chi connectivity index (χ2v) is 5.28. The zero-order valence-corrected chi connectivity index (χ0v) is 14.3. The molecular weight excluding hydrogens is 344 g/mol. The van der Waals surface area contributed by atoms with E-state index in [1.54, 1.807) is 36.7 Å². The van der Waals surface area contributed by atoms with Gasteiger partial charge < -0.3 is 15.8 Å². The highest BCUT2D eigenvalue weighted by atomic mass is 35.5. The van der Waals surface area contributed by atoms with Gasteiger partial charge in [0.2, 0.25) is 5.91 Å². The molecule has 1 aromatic heterocycles. The molecule has 1 heterocycles. The number of ether oxygens (including phenoxy) is 1. The van der Waals surface area contributed by atoms with Crippen molar-refractivity contribution in [3.05, 3.63) is 53.9 Å². The number of rotatable bonds is 6. The van der Waals surface area contributed by atoms with Crippen LogP contribution in [0, 0.1) is 0 Å². The number of aliphatic imine (C=N–C) groups is 1. The zero-order valence-electron chi connectivity index (χ0n) is 13.5. The molecule has 25 heavy (non-hydrogen) atoms. The van der Waals surface area contributed by atoms with Gasteiger partial charge in [0, 0.05) is 12.4 Å². The summed E-state index contributed by atoms with van der Waals surface area (Å²) in [5.74, 6) is -0.761. The number of esters is 1. The molecule has 0 unspecified atom stereocenters. The number of pyridine rings is 1. The molecular formula is C17H17ClN4O3. The predicted octanol–water partition coefficient (Wildman–Crippen LogP) is 2.28. The summed E-state index contributed by atoms with van der Waals surface area (Å²) < 4.78 is 4.75. The van der Waals surface area contributed by atoms with Gasteiger partial charge in [-0.05, 0) is 29.8 Å². The van der Waals surface area contributed by atoms with E-state index in [9.17, 15) is 9.59 Å². The first-order valence-electron chi connectivity index (χ1n) is 7.34. The minimum atomic E-state index is -0.591. The Bertz CT molecular complexity index is 794. The maximum Gasteiger partial charge on any atom is 0.340 e. The molecule has 0 radical (unpaired) electrons. The summed E-state index contributed by atoms with van der Waals surface area (Å²) in [5.41, 5.74) is 7.22. The molecule has 0 aliphatic rings. The summed E-state index contributed by atoms with van der Waals surface area (Å²) in [6.45, 7) is 0. The summed E-state index contributed by atoms with van der Waals surface area (Å²) in [7, 11) is 1.26. The number of halogens is 1. The fourth-order valence-corrected chi connectivity index (χ4v) is 2.15. The third kappa shape index (κ3) is 5.02. The summed E-state index contributed by atoms with van der Waals surface area (Å²) >= 11 is 5.67. The normalized spacial score (nSPS) is 11.0. The third-order valence-corrected chi connectivity index (χ3v) is 3.50. The highest BCUT2D eigenvalue weighted by molar-refractivity contribution is 6.28. The first-order chi connectivity index (χ1) is 12.0. The molecule has 0 aliphatic carbocycles. The van der Waals surface area contributed by atoms with Crippen LogP contribution in [0.5, 0.6) is 0 Å². The Hall–Kier alpha value is -2.93. The van der Waals surface area contributed by atoms with E-state index in [0.717, 1.165) is 5.56 Å². The maximum atomic E-state index is 12.3. The number of amides is 1. The van der Waals surface area contributed by atoms with Crippen LogP contribution in [0.3, 0.4) is 0 Å². The van der Waals surface area contributed by atoms with E-state index in [1.807, 2.05) is 0 Å². The largest absolute Gasteiger partial charge is 0.465 e. The monoisotopic (exact) mass is 360 g/mol. The lowest BCUT2D eigenvalue weighted by Gasteiger charge is -2.12. The van der Waals surface area contributed by atoms with E-state index in [1.165, 1.54) is 13.2 Å². The SMILES string of the molecule is COC(=O)c1cccc(NC(=O)Cc2ccncc2)c1N=C(N)CCl. The molecule has 8 heteroatoms. The Morgan fingerprint density at radius 2 is 2.00 bits per heavy atom. The second kappa shape index (κ2) is 8.79. The molecule has 0 saturated carbocycles. The molecule has 0 fully saturated rings. The van der Waals surface area contributed by atoms with Gasteiger partial charge in [-0.25, -0.2) is 9.79 Å². The topological polar surface area (TPSA) is 107 Å². The van der Waals surface area contributed by atoms with Crippen LogP contribution in [-0.2, 0) is 16.0 Å². The maximum absolute atomic E-state index is 12.3. The number of anilines is 1. The Morgan fingerprint density at radius 1 is 1.28 bits per heavy atom. The van der Waals surface area contributed by atoms with Crippen molar-refractivity contribution in [3.63, 3.8) is 0 Å². The third-order valence-electron chi connectivity index (χ3n) is 3.22. The Morgan fingerprint density at radius 3 is 2.64 bits per heavy atom. The lowest BCUT2D eigenvalue weighted by molar-refractivity contribution is -0.115. The van der Waals surface area contributed by atoms with Gasteiger partial charge in [0.1, 0.15) is 11.5 Å². The molecule has 0 atom stereocenters. The molecule has 0 spiro atoms. The van der Waals surface area contributed by atoms with Crippen molar-refractivity contribution in [1.29, 1.82) is 0 Å². The van der Waals surface area contributed by atoms with Crippen LogP contribution >= 0.6 is 11.6 Å². The Labute approximate surface area is 149 Å². The molecule has 2 aromatic rings. The van der Waals surface area contributed by atoms with Crippen LogP contribution in [0.4, 0.5) is 11.4 Å². The van der Waals surface area contributed by atoms with Crippen molar-refractivity contribution in [1.82, 2.24) is 4.98 Å². The van der Waals surface area contributed by atoms with Crippen LogP contribution in [0.1, 0.15) is 15.9 Å². The fraction of sp³-hybridized carbons (Fsp3) is 0.176. The van der Waals surface area contributed by atoms with E-state index in [4.69, 9.17) is 22.1 Å². The number of carbonyl (C=O) groups is 2. The number of alkyl halides is 1. The number of methoxy groups -OCH3 is 1. The van der Waals surface area contributed by atoms with Crippen molar-refractivity contribution in [2.75, 3.05) is 18.3 Å². The first kappa shape index (κ1) is 18.4. The van der Waals surface area contributed by atoms with Gasteiger partial charge in [-0.2, -0.15) is 0 Å². The van der Waals surface area contributed by atoms with Crippen molar-refractivity contribution in [2.45, 2.75) is 6.42 Å². The molecule has 2 rings (SSSR count). The van der Waals surface area contributed by atoms with Crippen LogP contribution in [0.25, 0.3) is 0 Å². The van der Waals surface area contributed by atoms with E-state index >= 15 is 0 Å². The van der Waals surface area contributed by atoms with Crippen LogP contribution in [-0.4, -0.2) is 35.7 Å². The second-order valence-electron chi connectivity index (χ2n) is 5.01. The van der Waals surface area contributed by atoms with E-state index in [0.29, 0.717) is 5.69 Å². The average Bonchev–Trinajstić information content (AvgIpc) is 2.63. The van der Waals surface area contributed by atoms with Gasteiger partial charge in [-0.3, -0.25) is 9.78 Å². The van der Waals surface area contributed by atoms with Crippen molar-refractivity contribution in [2.24, 2.45) is 10.7 Å². The van der Waals surface area contributed by atoms with Crippen molar-refractivity contribution in [3.8, 4) is 0 Å². The standard InChI is InChI=1S/C17H17ClN4O3/c1-25-17(24)12-3-2-4-13(16(12)22-14(19)10-18)21-15(23)9-11-5-7-20-8-6-11/h2-8H,9-10H2,1H3,(H2,19,22)(H,21,23). The first-order valence-corrected chi connectivity index (χ1v) is 7.87. The van der Waals surface area contributed by atoms with Gasteiger partial charge in [-0.1, -0.05) is 6.07 Å². The number of hydrogen-bond donors (Lipinski definition) is 2. The predicted molar refractivity (Wildman–Crippen MR) is 96.4 cm³/mol. The summed E-state index contributed by atoms with van der Waals surface area (Å²) in [5, 5.41) is 2.73. The van der Waals surface area contributed by atoms with Gasteiger partial charge in [0.05, 0.1) is 30.7 Å². The molecule has 3 N–H and O–H groups in total. The molecule has 1 aromatic carbocycles. The average molecular weight is 361 g/mol. The summed E-state index contributed by atoms with van der Waals surface area (Å²) in [6.07, 6.45) is 3.37. The highest BCUT2D eigenvalue weighted by Crippen LogP contribution is 2.30. The lowest BCUT2D eigenvalue weighted by Crippen LogP contribution is -2.17. The number of hydrogen-bond acceptors (Lipinski definition) is 5. The molecule has 1 amide bonds. The van der Waals surface area contributed by atoms with Gasteiger partial charge >= 0.3 is 5.97 Å². The van der Waals surface area contributed by atoms with Crippen molar-refractivity contribution < 1.29 is 14.3 Å². The lowest BCUT2D eigenvalue weighted by atomic mass is 10.1. The number of nitrogens with two attached hydrogens (primary N) is 1. The van der Waals surface area contributed by atoms with Crippen LogP contribution < -0.4 is 11.1 Å². The number of amidine groups is 1. The fourth-order valence-electron chi connectivity index (χ4n) is 2.09. The Balaban J connectivity index is 2.33. The highest BCUT2D eigenvalue weighted by Gasteiger charge is 2.17. The number of nitrogens with zero attached hydrogens (tertiary/aromatic N) is 2. The van der Waals surface area contributed by atoms with Crippen molar-refractivity contribution >= 4 is 40.7 Å². The quantitative estimate of drug-likeness (QED) is 0.355. The Kier molecular flexibility index (Phi) is 6.47. The van der Waals surface area contributed by atoms with E-state index in [2.05, 4.69) is 15.3 Å². The minimum Gasteiger partial charge on any atom is -0.465 e. The number of benzene rings is 1. The van der Waals surface area contributed by atoms with Crippen LogP contribution in [0.2, 0.25) is 0 Å². The molecule has 0 aliphatic heterocycles. The number of carbonyl (C=O) groups excluding carboxylic acids is 2. The van der Waals surface area contributed by atoms with Crippen LogP contribution in [0.15, 0.2) is 47.7 Å². The van der Waals surface area contributed by atoms with Gasteiger partial charge in [0.15, 0.2) is 0 Å². The molecule has 7 nitrogen and oxygen atoms in total. The minimum absolute atomic E-state index is 0.0140.